The zero-order chi connectivity index (χ0) is 17.1. The maximum Gasteiger partial charge on any atom is 0.282 e. The Bertz CT molecular complexity index is 959. The number of aromatic hydroxyl groups is 1. The Balaban J connectivity index is 1.98. The molecule has 2 aromatic heterocycles. The Kier molecular flexibility index (Phi) is 4.61. The van der Waals surface area contributed by atoms with Gasteiger partial charge in [-0.1, -0.05) is 13.0 Å². The first-order chi connectivity index (χ1) is 11.6. The highest BCUT2D eigenvalue weighted by atomic mass is 32.1. The number of phenolic OH excluding ortho intramolecular Hbond substituents is 1. The number of ether oxygens (including phenoxy) is 1. The second kappa shape index (κ2) is 6.84. The Labute approximate surface area is 142 Å². The molecule has 3 rings (SSSR count). The minimum Gasteiger partial charge on any atom is -0.504 e. The summed E-state index contributed by atoms with van der Waals surface area (Å²) in [5, 5.41) is 14.8. The number of aromatic nitrogens is 2. The molecule has 3 aromatic rings. The highest BCUT2D eigenvalue weighted by molar-refractivity contribution is 7.18. The largest absolute Gasteiger partial charge is 0.504 e. The van der Waals surface area contributed by atoms with E-state index in [1.807, 2.05) is 19.9 Å². The number of nitrogens with zero attached hydrogens (tertiary/aromatic N) is 3. The van der Waals surface area contributed by atoms with Gasteiger partial charge >= 0.3 is 0 Å². The lowest BCUT2D eigenvalue weighted by molar-refractivity contribution is 0.318. The van der Waals surface area contributed by atoms with Crippen molar-refractivity contribution in [3.05, 3.63) is 51.4 Å². The van der Waals surface area contributed by atoms with Crippen LogP contribution in [0.5, 0.6) is 11.5 Å². The normalized spacial score (nSPS) is 11.4. The molecule has 0 aliphatic rings. The summed E-state index contributed by atoms with van der Waals surface area (Å²) in [6.07, 6.45) is 3.67. The van der Waals surface area contributed by atoms with Gasteiger partial charge in [-0.2, -0.15) is 9.78 Å². The predicted octanol–water partition coefficient (Wildman–Crippen LogP) is 3.01. The SMILES string of the molecule is CCOc1cccc(/C=N/n2cnc3sc(CC)cc3c2=O)c1O. The minimum atomic E-state index is -0.229. The van der Waals surface area contributed by atoms with Crippen LogP contribution in [0.25, 0.3) is 10.2 Å². The second-order valence-corrected chi connectivity index (χ2v) is 6.17. The first-order valence-corrected chi connectivity index (χ1v) is 8.44. The van der Waals surface area contributed by atoms with E-state index in [1.54, 1.807) is 18.2 Å². The molecule has 7 heteroatoms. The van der Waals surface area contributed by atoms with Crippen LogP contribution in [-0.2, 0) is 6.42 Å². The number of thiophene rings is 1. The van der Waals surface area contributed by atoms with Gasteiger partial charge in [0.2, 0.25) is 0 Å². The van der Waals surface area contributed by atoms with Crippen molar-refractivity contribution in [1.29, 1.82) is 0 Å². The number of para-hydroxylation sites is 1. The molecule has 0 spiro atoms. The summed E-state index contributed by atoms with van der Waals surface area (Å²) in [6, 6.07) is 6.98. The fraction of sp³-hybridized carbons (Fsp3) is 0.235. The van der Waals surface area contributed by atoms with Crippen LogP contribution in [0.2, 0.25) is 0 Å². The van der Waals surface area contributed by atoms with Crippen molar-refractivity contribution in [3.63, 3.8) is 0 Å². The van der Waals surface area contributed by atoms with Crippen LogP contribution in [0.3, 0.4) is 0 Å². The third-order valence-electron chi connectivity index (χ3n) is 3.49. The topological polar surface area (TPSA) is 76.7 Å². The quantitative estimate of drug-likeness (QED) is 0.723. The van der Waals surface area contributed by atoms with Gasteiger partial charge in [0.25, 0.3) is 5.56 Å². The van der Waals surface area contributed by atoms with Crippen molar-refractivity contribution in [1.82, 2.24) is 9.66 Å². The van der Waals surface area contributed by atoms with E-state index >= 15 is 0 Å². The lowest BCUT2D eigenvalue weighted by Crippen LogP contribution is -2.16. The van der Waals surface area contributed by atoms with Crippen molar-refractivity contribution >= 4 is 27.8 Å². The van der Waals surface area contributed by atoms with Crippen LogP contribution in [0, 0.1) is 0 Å². The summed E-state index contributed by atoms with van der Waals surface area (Å²) in [4.78, 5) is 18.6. The van der Waals surface area contributed by atoms with Crippen molar-refractivity contribution in [2.75, 3.05) is 6.61 Å². The summed E-state index contributed by atoms with van der Waals surface area (Å²) in [7, 11) is 0. The van der Waals surface area contributed by atoms with E-state index in [9.17, 15) is 9.90 Å². The fourth-order valence-electron chi connectivity index (χ4n) is 2.26. The summed E-state index contributed by atoms with van der Waals surface area (Å²) in [5.74, 6) is 0.377. The number of hydrogen-bond acceptors (Lipinski definition) is 6. The number of benzene rings is 1. The van der Waals surface area contributed by atoms with Crippen LogP contribution in [0.1, 0.15) is 24.3 Å². The zero-order valence-electron chi connectivity index (χ0n) is 13.4. The molecule has 0 amide bonds. The van der Waals surface area contributed by atoms with Gasteiger partial charge in [-0.05, 0) is 31.5 Å². The van der Waals surface area contributed by atoms with E-state index in [0.717, 1.165) is 11.3 Å². The van der Waals surface area contributed by atoms with Crippen LogP contribution in [0.15, 0.2) is 40.5 Å². The van der Waals surface area contributed by atoms with Gasteiger partial charge in [0.05, 0.1) is 18.2 Å². The molecule has 124 valence electrons. The molecule has 1 aromatic carbocycles. The molecule has 0 unspecified atom stereocenters. The zero-order valence-corrected chi connectivity index (χ0v) is 14.2. The lowest BCUT2D eigenvalue weighted by Gasteiger charge is -2.07. The average Bonchev–Trinajstić information content (AvgIpc) is 3.01. The molecule has 0 aliphatic heterocycles. The monoisotopic (exact) mass is 343 g/mol. The van der Waals surface area contributed by atoms with Crippen LogP contribution < -0.4 is 10.3 Å². The van der Waals surface area contributed by atoms with Crippen molar-refractivity contribution in [2.24, 2.45) is 5.10 Å². The van der Waals surface area contributed by atoms with Crippen molar-refractivity contribution in [2.45, 2.75) is 20.3 Å². The van der Waals surface area contributed by atoms with Gasteiger partial charge in [0, 0.05) is 10.4 Å². The Morgan fingerprint density at radius 1 is 1.42 bits per heavy atom. The summed E-state index contributed by atoms with van der Waals surface area (Å²) in [5.41, 5.74) is 0.236. The minimum absolute atomic E-state index is 0.00557. The molecule has 0 bridgehead atoms. The molecule has 24 heavy (non-hydrogen) atoms. The van der Waals surface area contributed by atoms with E-state index < -0.39 is 0 Å². The fourth-order valence-corrected chi connectivity index (χ4v) is 3.19. The van der Waals surface area contributed by atoms with E-state index in [0.29, 0.717) is 28.1 Å². The number of hydrogen-bond donors (Lipinski definition) is 1. The van der Waals surface area contributed by atoms with Crippen molar-refractivity contribution in [3.8, 4) is 11.5 Å². The van der Waals surface area contributed by atoms with E-state index in [2.05, 4.69) is 10.1 Å². The molecule has 0 saturated heterocycles. The molecule has 0 saturated carbocycles. The first kappa shape index (κ1) is 16.2. The molecule has 0 fully saturated rings. The number of phenols is 1. The van der Waals surface area contributed by atoms with Gasteiger partial charge in [0.1, 0.15) is 11.2 Å². The molecular weight excluding hydrogens is 326 g/mol. The molecule has 0 aliphatic carbocycles. The molecule has 6 nitrogen and oxygen atoms in total. The Morgan fingerprint density at radius 2 is 2.25 bits per heavy atom. The van der Waals surface area contributed by atoms with E-state index in [1.165, 1.54) is 28.6 Å². The van der Waals surface area contributed by atoms with Crippen molar-refractivity contribution < 1.29 is 9.84 Å². The smallest absolute Gasteiger partial charge is 0.282 e. The summed E-state index contributed by atoms with van der Waals surface area (Å²) in [6.45, 7) is 4.33. The summed E-state index contributed by atoms with van der Waals surface area (Å²) >= 11 is 1.51. The van der Waals surface area contributed by atoms with Crippen LogP contribution in [-0.4, -0.2) is 27.6 Å². The maximum absolute atomic E-state index is 12.5. The highest BCUT2D eigenvalue weighted by Gasteiger charge is 2.09. The summed E-state index contributed by atoms with van der Waals surface area (Å²) < 4.78 is 6.50. The predicted molar refractivity (Wildman–Crippen MR) is 95.5 cm³/mol. The third-order valence-corrected chi connectivity index (χ3v) is 4.67. The van der Waals surface area contributed by atoms with E-state index in [4.69, 9.17) is 4.74 Å². The standard InChI is InChI=1S/C17H17N3O3S/c1-3-12-8-13-16(24-12)18-10-20(17(13)22)19-9-11-6-5-7-14(15(11)21)23-4-2/h5-10,21H,3-4H2,1-2H3/b19-9+. The van der Waals surface area contributed by atoms with Gasteiger partial charge < -0.3 is 9.84 Å². The van der Waals surface area contributed by atoms with Crippen LogP contribution in [0.4, 0.5) is 0 Å². The molecule has 1 N–H and O–H groups in total. The Morgan fingerprint density at radius 3 is 3.00 bits per heavy atom. The van der Waals surface area contributed by atoms with Gasteiger partial charge in [-0.15, -0.1) is 11.3 Å². The molecule has 0 atom stereocenters. The first-order valence-electron chi connectivity index (χ1n) is 7.63. The Hall–Kier alpha value is -2.67. The van der Waals surface area contributed by atoms with Gasteiger partial charge in [0.15, 0.2) is 11.5 Å². The van der Waals surface area contributed by atoms with Gasteiger partial charge in [-0.3, -0.25) is 4.79 Å². The van der Waals surface area contributed by atoms with E-state index in [-0.39, 0.29) is 11.3 Å². The number of fused-ring (bicyclic) bond motifs is 1. The number of rotatable bonds is 5. The number of aryl methyl sites for hydroxylation is 1. The lowest BCUT2D eigenvalue weighted by atomic mass is 10.2. The maximum atomic E-state index is 12.5. The molecule has 2 heterocycles. The van der Waals surface area contributed by atoms with Gasteiger partial charge in [-0.25, -0.2) is 4.98 Å². The molecule has 0 radical (unpaired) electrons. The second-order valence-electron chi connectivity index (χ2n) is 5.05. The molecular formula is C17H17N3O3S. The highest BCUT2D eigenvalue weighted by Crippen LogP contribution is 2.28. The van der Waals surface area contributed by atoms with Crippen LogP contribution >= 0.6 is 11.3 Å². The average molecular weight is 343 g/mol. The third kappa shape index (κ3) is 3.03.